The molecule has 1 aliphatic rings. The molecule has 3 heterocycles. The Balaban J connectivity index is 1.47. The Hall–Kier alpha value is -4.26. The predicted octanol–water partition coefficient (Wildman–Crippen LogP) is 4.07. The van der Waals surface area contributed by atoms with Gasteiger partial charge < -0.3 is 29.7 Å². The first-order valence-electron chi connectivity index (χ1n) is 12.4. The molecule has 1 aromatic carbocycles. The molecule has 4 rings (SSSR count). The molecule has 1 saturated heterocycles. The van der Waals surface area contributed by atoms with Gasteiger partial charge >= 0.3 is 0 Å². The van der Waals surface area contributed by atoms with Crippen LogP contribution in [0.3, 0.4) is 0 Å². The lowest BCUT2D eigenvalue weighted by atomic mass is 10.1. The third-order valence-corrected chi connectivity index (χ3v) is 6.46. The van der Waals surface area contributed by atoms with Crippen molar-refractivity contribution in [2.45, 2.75) is 32.4 Å². The van der Waals surface area contributed by atoms with Crippen molar-refractivity contribution in [1.82, 2.24) is 24.6 Å². The summed E-state index contributed by atoms with van der Waals surface area (Å²) >= 11 is 0. The summed E-state index contributed by atoms with van der Waals surface area (Å²) in [7, 11) is 2.54. The van der Waals surface area contributed by atoms with Crippen LogP contribution in [-0.2, 0) is 11.4 Å². The zero-order valence-electron chi connectivity index (χ0n) is 22.0. The maximum atomic E-state index is 14.6. The lowest BCUT2D eigenvalue weighted by molar-refractivity contribution is -0.111. The van der Waals surface area contributed by atoms with Crippen molar-refractivity contribution in [3.63, 3.8) is 0 Å². The summed E-state index contributed by atoms with van der Waals surface area (Å²) < 4.78 is 46.4. The zero-order valence-corrected chi connectivity index (χ0v) is 22.0. The standard InChI is InChI=1S/C26H31F2N7O4/c1-5-22(36)31-19-14-35(16-7-9-34(6-2)10-8-16)33-25(19)32-26-29-12-17(13-30-26)39-15-18-23(27)20(37-3)11-21(38-4)24(18)28/h5,11-14,16H,1,6-10,15H2,2-4H3,(H,31,36)(H,29,30,32,33). The number of benzene rings is 1. The zero-order chi connectivity index (χ0) is 27.9. The van der Waals surface area contributed by atoms with Gasteiger partial charge in [0.2, 0.25) is 11.9 Å². The number of ether oxygens (including phenoxy) is 3. The SMILES string of the molecule is C=CC(=O)Nc1cn(C2CCN(CC)CC2)nc1Nc1ncc(OCc2c(F)c(OC)cc(OC)c2F)cn1. The molecule has 11 nitrogen and oxygen atoms in total. The van der Waals surface area contributed by atoms with Crippen LogP contribution in [0.2, 0.25) is 0 Å². The van der Waals surface area contributed by atoms with Crippen molar-refractivity contribution in [2.75, 3.05) is 44.5 Å². The van der Waals surface area contributed by atoms with Gasteiger partial charge in [-0.1, -0.05) is 13.5 Å². The van der Waals surface area contributed by atoms with Gasteiger partial charge in [0.15, 0.2) is 34.7 Å². The molecule has 0 spiro atoms. The average Bonchev–Trinajstić information content (AvgIpc) is 3.35. The normalized spacial score (nSPS) is 14.1. The van der Waals surface area contributed by atoms with Gasteiger partial charge in [0.25, 0.3) is 0 Å². The number of likely N-dealkylation sites (tertiary alicyclic amines) is 1. The van der Waals surface area contributed by atoms with E-state index in [2.05, 4.69) is 44.1 Å². The van der Waals surface area contributed by atoms with Crippen LogP contribution < -0.4 is 24.8 Å². The van der Waals surface area contributed by atoms with Crippen molar-refractivity contribution < 1.29 is 27.8 Å². The van der Waals surface area contributed by atoms with Crippen LogP contribution in [-0.4, -0.2) is 64.4 Å². The van der Waals surface area contributed by atoms with Crippen LogP contribution in [0.25, 0.3) is 0 Å². The van der Waals surface area contributed by atoms with Gasteiger partial charge in [0.05, 0.1) is 44.4 Å². The Kier molecular flexibility index (Phi) is 8.92. The van der Waals surface area contributed by atoms with E-state index in [1.807, 2.05) is 4.68 Å². The highest BCUT2D eigenvalue weighted by atomic mass is 19.1. The molecule has 13 heteroatoms. The minimum atomic E-state index is -0.889. The number of anilines is 3. The van der Waals surface area contributed by atoms with E-state index in [4.69, 9.17) is 14.2 Å². The fourth-order valence-corrected chi connectivity index (χ4v) is 4.23. The Morgan fingerprint density at radius 1 is 1.15 bits per heavy atom. The van der Waals surface area contributed by atoms with Crippen LogP contribution in [0.5, 0.6) is 17.2 Å². The number of amides is 1. The highest BCUT2D eigenvalue weighted by Crippen LogP contribution is 2.32. The lowest BCUT2D eigenvalue weighted by Gasteiger charge is -2.31. The largest absolute Gasteiger partial charge is 0.494 e. The molecule has 2 aromatic heterocycles. The molecule has 2 N–H and O–H groups in total. The second-order valence-corrected chi connectivity index (χ2v) is 8.77. The first kappa shape index (κ1) is 27.8. The van der Waals surface area contributed by atoms with E-state index in [1.165, 1.54) is 32.7 Å². The smallest absolute Gasteiger partial charge is 0.247 e. The van der Waals surface area contributed by atoms with Crippen LogP contribution in [0.1, 0.15) is 31.4 Å². The molecule has 39 heavy (non-hydrogen) atoms. The maximum absolute atomic E-state index is 14.6. The summed E-state index contributed by atoms with van der Waals surface area (Å²) in [5.74, 6) is -1.77. The van der Waals surface area contributed by atoms with E-state index in [1.54, 1.807) is 6.20 Å². The van der Waals surface area contributed by atoms with Gasteiger partial charge in [-0.3, -0.25) is 9.48 Å². The second kappa shape index (κ2) is 12.5. The van der Waals surface area contributed by atoms with E-state index in [9.17, 15) is 13.6 Å². The molecular formula is C26H31F2N7O4. The summed E-state index contributed by atoms with van der Waals surface area (Å²) in [4.78, 5) is 22.8. The lowest BCUT2D eigenvalue weighted by Crippen LogP contribution is -2.34. The summed E-state index contributed by atoms with van der Waals surface area (Å²) in [6.07, 6.45) is 7.52. The average molecular weight is 544 g/mol. The number of nitrogens with one attached hydrogen (secondary N) is 2. The van der Waals surface area contributed by atoms with Crippen molar-refractivity contribution >= 4 is 23.4 Å². The number of rotatable bonds is 11. The fraction of sp³-hybridized carbons (Fsp3) is 0.385. The van der Waals surface area contributed by atoms with E-state index in [-0.39, 0.29) is 40.7 Å². The van der Waals surface area contributed by atoms with Crippen LogP contribution in [0, 0.1) is 11.6 Å². The summed E-state index contributed by atoms with van der Waals surface area (Å²) in [5, 5.41) is 10.4. The molecule has 3 aromatic rings. The second-order valence-electron chi connectivity index (χ2n) is 8.77. The van der Waals surface area contributed by atoms with Crippen molar-refractivity contribution in [3.8, 4) is 17.2 Å². The minimum absolute atomic E-state index is 0.169. The molecule has 0 saturated carbocycles. The monoisotopic (exact) mass is 543 g/mol. The fourth-order valence-electron chi connectivity index (χ4n) is 4.23. The minimum Gasteiger partial charge on any atom is -0.494 e. The molecule has 0 atom stereocenters. The van der Waals surface area contributed by atoms with Crippen LogP contribution >= 0.6 is 0 Å². The third-order valence-electron chi connectivity index (χ3n) is 6.46. The van der Waals surface area contributed by atoms with Crippen LogP contribution in [0.15, 0.2) is 37.3 Å². The molecule has 0 radical (unpaired) electrons. The topological polar surface area (TPSA) is 116 Å². The van der Waals surface area contributed by atoms with Crippen molar-refractivity contribution in [1.29, 1.82) is 0 Å². The van der Waals surface area contributed by atoms with E-state index < -0.39 is 18.2 Å². The Labute approximate surface area is 224 Å². The van der Waals surface area contributed by atoms with Crippen LogP contribution in [0.4, 0.5) is 26.2 Å². The van der Waals surface area contributed by atoms with Gasteiger partial charge in [0.1, 0.15) is 12.3 Å². The quantitative estimate of drug-likeness (QED) is 0.345. The van der Waals surface area contributed by atoms with Gasteiger partial charge in [-0.2, -0.15) is 5.10 Å². The number of piperidine rings is 1. The van der Waals surface area contributed by atoms with E-state index in [0.29, 0.717) is 11.5 Å². The Morgan fingerprint density at radius 3 is 2.36 bits per heavy atom. The number of hydrogen-bond donors (Lipinski definition) is 2. The highest BCUT2D eigenvalue weighted by Gasteiger charge is 2.23. The van der Waals surface area contributed by atoms with Gasteiger partial charge in [-0.05, 0) is 25.5 Å². The Morgan fingerprint density at radius 2 is 1.79 bits per heavy atom. The van der Waals surface area contributed by atoms with Crippen molar-refractivity contribution in [2.24, 2.45) is 0 Å². The number of halogens is 2. The molecule has 0 aliphatic carbocycles. The number of methoxy groups -OCH3 is 2. The third kappa shape index (κ3) is 6.42. The molecular weight excluding hydrogens is 512 g/mol. The predicted molar refractivity (Wildman–Crippen MR) is 141 cm³/mol. The van der Waals surface area contributed by atoms with Gasteiger partial charge in [-0.25, -0.2) is 18.7 Å². The maximum Gasteiger partial charge on any atom is 0.247 e. The number of aromatic nitrogens is 4. The van der Waals surface area contributed by atoms with Gasteiger partial charge in [0, 0.05) is 19.2 Å². The molecule has 1 amide bonds. The first-order valence-corrected chi connectivity index (χ1v) is 12.4. The summed E-state index contributed by atoms with van der Waals surface area (Å²) in [6, 6.07) is 1.31. The number of nitrogens with zero attached hydrogens (tertiary/aromatic N) is 5. The summed E-state index contributed by atoms with van der Waals surface area (Å²) in [5.41, 5.74) is 0.103. The molecule has 1 fully saturated rings. The van der Waals surface area contributed by atoms with Crippen molar-refractivity contribution in [3.05, 3.63) is 54.5 Å². The van der Waals surface area contributed by atoms with Gasteiger partial charge in [-0.15, -0.1) is 0 Å². The number of carbonyl (C=O) groups excluding carboxylic acids is 1. The van der Waals surface area contributed by atoms with E-state index in [0.717, 1.165) is 38.5 Å². The molecule has 0 unspecified atom stereocenters. The number of hydrogen-bond acceptors (Lipinski definition) is 9. The molecule has 208 valence electrons. The first-order chi connectivity index (χ1) is 18.9. The summed E-state index contributed by atoms with van der Waals surface area (Å²) in [6.45, 7) is 8.15. The molecule has 1 aliphatic heterocycles. The van der Waals surface area contributed by atoms with E-state index >= 15 is 0 Å². The molecule has 0 bridgehead atoms. The highest BCUT2D eigenvalue weighted by molar-refractivity contribution is 6.00. The Bertz CT molecular complexity index is 1280. The number of carbonyl (C=O) groups is 1.